The normalized spacial score (nSPS) is 11.9. The smallest absolute Gasteiger partial charge is 0.330 e. The quantitative estimate of drug-likeness (QED) is 0.890. The number of aliphatic carboxylic acids is 1. The summed E-state index contributed by atoms with van der Waals surface area (Å²) in [6, 6.07) is 9.87. The van der Waals surface area contributed by atoms with Crippen molar-refractivity contribution in [1.82, 2.24) is 0 Å². The largest absolute Gasteiger partial charge is 0.479 e. The molecule has 0 amide bonds. The molecule has 0 radical (unpaired) electrons. The van der Waals surface area contributed by atoms with Gasteiger partial charge in [-0.05, 0) is 30.3 Å². The Balaban J connectivity index is 2.35. The third kappa shape index (κ3) is 3.07. The monoisotopic (exact) mass is 263 g/mol. The van der Waals surface area contributed by atoms with Crippen LogP contribution in [0.2, 0.25) is 0 Å². The Kier molecular flexibility index (Phi) is 3.75. The molecule has 0 bridgehead atoms. The summed E-state index contributed by atoms with van der Waals surface area (Å²) >= 11 is 0. The lowest BCUT2D eigenvalue weighted by atomic mass is 10.1. The van der Waals surface area contributed by atoms with E-state index in [2.05, 4.69) is 5.32 Å². The summed E-state index contributed by atoms with van der Waals surface area (Å²) < 4.78 is 26.7. The van der Waals surface area contributed by atoms with E-state index in [1.165, 1.54) is 0 Å². The van der Waals surface area contributed by atoms with Crippen molar-refractivity contribution in [1.29, 1.82) is 0 Å². The number of halogens is 2. The average molecular weight is 263 g/mol. The van der Waals surface area contributed by atoms with Gasteiger partial charge in [-0.25, -0.2) is 13.6 Å². The maximum Gasteiger partial charge on any atom is 0.330 e. The molecule has 0 spiro atoms. The van der Waals surface area contributed by atoms with E-state index in [0.29, 0.717) is 5.69 Å². The molecule has 2 aromatic rings. The Bertz CT molecular complexity index is 587. The molecule has 2 N–H and O–H groups in total. The zero-order valence-electron chi connectivity index (χ0n) is 9.81. The summed E-state index contributed by atoms with van der Waals surface area (Å²) in [7, 11) is 0. The number of rotatable bonds is 4. The van der Waals surface area contributed by atoms with Gasteiger partial charge < -0.3 is 10.4 Å². The van der Waals surface area contributed by atoms with Crippen LogP contribution < -0.4 is 5.32 Å². The van der Waals surface area contributed by atoms with Crippen molar-refractivity contribution >= 4 is 11.7 Å². The van der Waals surface area contributed by atoms with Crippen LogP contribution in [0.4, 0.5) is 14.5 Å². The van der Waals surface area contributed by atoms with Crippen LogP contribution >= 0.6 is 0 Å². The van der Waals surface area contributed by atoms with Crippen molar-refractivity contribution in [2.45, 2.75) is 6.04 Å². The highest BCUT2D eigenvalue weighted by Crippen LogP contribution is 2.23. The number of benzene rings is 2. The third-order valence-electron chi connectivity index (χ3n) is 2.60. The van der Waals surface area contributed by atoms with E-state index in [1.54, 1.807) is 30.3 Å². The first kappa shape index (κ1) is 13.0. The maximum absolute atomic E-state index is 13.6. The lowest BCUT2D eigenvalue weighted by Crippen LogP contribution is -2.21. The molecule has 0 fully saturated rings. The molecule has 1 unspecified atom stereocenters. The number of nitrogens with one attached hydrogen (secondary N) is 1. The third-order valence-corrected chi connectivity index (χ3v) is 2.60. The van der Waals surface area contributed by atoms with E-state index in [-0.39, 0.29) is 5.56 Å². The van der Waals surface area contributed by atoms with Gasteiger partial charge in [-0.1, -0.05) is 18.2 Å². The van der Waals surface area contributed by atoms with E-state index in [4.69, 9.17) is 5.11 Å². The molecule has 0 aromatic heterocycles. The molecular formula is C14H11F2NO2. The lowest BCUT2D eigenvalue weighted by molar-refractivity contribution is -0.138. The number of carbonyl (C=O) groups is 1. The molecule has 0 aliphatic heterocycles. The van der Waals surface area contributed by atoms with E-state index in [0.717, 1.165) is 18.2 Å². The Morgan fingerprint density at radius 2 is 1.79 bits per heavy atom. The van der Waals surface area contributed by atoms with E-state index in [9.17, 15) is 13.6 Å². The van der Waals surface area contributed by atoms with E-state index in [1.807, 2.05) is 0 Å². The lowest BCUT2D eigenvalue weighted by Gasteiger charge is -2.16. The van der Waals surface area contributed by atoms with Gasteiger partial charge in [0.25, 0.3) is 0 Å². The van der Waals surface area contributed by atoms with Crippen molar-refractivity contribution in [2.75, 3.05) is 5.32 Å². The van der Waals surface area contributed by atoms with Crippen LogP contribution in [0.1, 0.15) is 11.6 Å². The predicted octanol–water partition coefficient (Wildman–Crippen LogP) is 3.20. The SMILES string of the molecule is O=C(O)C(Nc1ccccc1)c1cc(F)ccc1F. The minimum absolute atomic E-state index is 0.239. The molecule has 0 aliphatic rings. The molecule has 0 heterocycles. The van der Waals surface area contributed by atoms with Gasteiger partial charge in [0, 0.05) is 11.3 Å². The first-order chi connectivity index (χ1) is 9.08. The Morgan fingerprint density at radius 1 is 1.11 bits per heavy atom. The second-order valence-corrected chi connectivity index (χ2v) is 3.95. The minimum Gasteiger partial charge on any atom is -0.479 e. The van der Waals surface area contributed by atoms with Crippen LogP contribution in [0, 0.1) is 11.6 Å². The molecule has 0 aliphatic carbocycles. The van der Waals surface area contributed by atoms with Crippen molar-refractivity contribution in [3.05, 3.63) is 65.7 Å². The summed E-state index contributed by atoms with van der Waals surface area (Å²) in [5.74, 6) is -2.73. The Morgan fingerprint density at radius 3 is 2.42 bits per heavy atom. The summed E-state index contributed by atoms with van der Waals surface area (Å²) in [5.41, 5.74) is 0.273. The molecule has 98 valence electrons. The first-order valence-electron chi connectivity index (χ1n) is 5.57. The van der Waals surface area contributed by atoms with Gasteiger partial charge in [-0.15, -0.1) is 0 Å². The fourth-order valence-electron chi connectivity index (χ4n) is 1.71. The van der Waals surface area contributed by atoms with Gasteiger partial charge in [-0.3, -0.25) is 0 Å². The second kappa shape index (κ2) is 5.48. The zero-order chi connectivity index (χ0) is 13.8. The van der Waals surface area contributed by atoms with Gasteiger partial charge >= 0.3 is 5.97 Å². The number of hydrogen-bond donors (Lipinski definition) is 2. The van der Waals surface area contributed by atoms with Gasteiger partial charge in [0.2, 0.25) is 0 Å². The van der Waals surface area contributed by atoms with E-state index >= 15 is 0 Å². The van der Waals surface area contributed by atoms with Crippen LogP contribution in [0.25, 0.3) is 0 Å². The van der Waals surface area contributed by atoms with Crippen LogP contribution in [-0.4, -0.2) is 11.1 Å². The molecule has 2 aromatic carbocycles. The van der Waals surface area contributed by atoms with Gasteiger partial charge in [-0.2, -0.15) is 0 Å². The summed E-state index contributed by atoms with van der Waals surface area (Å²) in [6.45, 7) is 0. The van der Waals surface area contributed by atoms with Crippen molar-refractivity contribution in [3.8, 4) is 0 Å². The highest BCUT2D eigenvalue weighted by Gasteiger charge is 2.23. The van der Waals surface area contributed by atoms with Crippen molar-refractivity contribution in [2.24, 2.45) is 0 Å². The number of carboxylic acid groups (broad SMARTS) is 1. The Hall–Kier alpha value is -2.43. The van der Waals surface area contributed by atoms with Crippen molar-refractivity contribution < 1.29 is 18.7 Å². The maximum atomic E-state index is 13.6. The summed E-state index contributed by atoms with van der Waals surface area (Å²) in [4.78, 5) is 11.2. The molecular weight excluding hydrogens is 252 g/mol. The standard InChI is InChI=1S/C14H11F2NO2/c15-9-6-7-12(16)11(8-9)13(14(18)19)17-10-4-2-1-3-5-10/h1-8,13,17H,(H,18,19). The fourth-order valence-corrected chi connectivity index (χ4v) is 1.71. The van der Waals surface area contributed by atoms with Gasteiger partial charge in [0.1, 0.15) is 11.6 Å². The second-order valence-electron chi connectivity index (χ2n) is 3.95. The molecule has 0 saturated heterocycles. The average Bonchev–Trinajstić information content (AvgIpc) is 2.40. The number of carboxylic acids is 1. The van der Waals surface area contributed by atoms with Crippen LogP contribution in [0.15, 0.2) is 48.5 Å². The fraction of sp³-hybridized carbons (Fsp3) is 0.0714. The van der Waals surface area contributed by atoms with Crippen LogP contribution in [0.3, 0.4) is 0 Å². The van der Waals surface area contributed by atoms with Gasteiger partial charge in [0.05, 0.1) is 0 Å². The molecule has 19 heavy (non-hydrogen) atoms. The molecule has 3 nitrogen and oxygen atoms in total. The van der Waals surface area contributed by atoms with E-state index < -0.39 is 23.6 Å². The molecule has 0 saturated carbocycles. The van der Waals surface area contributed by atoms with Crippen molar-refractivity contribution in [3.63, 3.8) is 0 Å². The Labute approximate surface area is 108 Å². The minimum atomic E-state index is -1.35. The molecule has 5 heteroatoms. The highest BCUT2D eigenvalue weighted by molar-refractivity contribution is 5.79. The highest BCUT2D eigenvalue weighted by atomic mass is 19.1. The topological polar surface area (TPSA) is 49.3 Å². The summed E-state index contributed by atoms with van der Waals surface area (Å²) in [6.07, 6.45) is 0. The van der Waals surface area contributed by atoms with Gasteiger partial charge in [0.15, 0.2) is 6.04 Å². The van der Waals surface area contributed by atoms with Crippen LogP contribution in [-0.2, 0) is 4.79 Å². The van der Waals surface area contributed by atoms with Crippen LogP contribution in [0.5, 0.6) is 0 Å². The zero-order valence-corrected chi connectivity index (χ0v) is 9.81. The molecule has 1 atom stereocenters. The summed E-state index contributed by atoms with van der Waals surface area (Å²) in [5, 5.41) is 11.8. The predicted molar refractivity (Wildman–Crippen MR) is 66.8 cm³/mol. The first-order valence-corrected chi connectivity index (χ1v) is 5.57. The number of hydrogen-bond acceptors (Lipinski definition) is 2. The number of para-hydroxylation sites is 1. The molecule has 2 rings (SSSR count). The number of anilines is 1.